The molecule has 0 radical (unpaired) electrons. The van der Waals surface area contributed by atoms with Crippen LogP contribution in [0.2, 0.25) is 0 Å². The number of benzene rings is 1. The van der Waals surface area contributed by atoms with Gasteiger partial charge in [-0.3, -0.25) is 0 Å². The summed E-state index contributed by atoms with van der Waals surface area (Å²) in [6.07, 6.45) is 0.744. The number of nitrogens with zero attached hydrogens (tertiary/aromatic N) is 2. The van der Waals surface area contributed by atoms with E-state index in [1.807, 2.05) is 0 Å². The van der Waals surface area contributed by atoms with Crippen LogP contribution in [0.1, 0.15) is 36.8 Å². The molecule has 33 heavy (non-hydrogen) atoms. The van der Waals surface area contributed by atoms with Crippen molar-refractivity contribution in [3.05, 3.63) is 29.6 Å². The normalized spacial score (nSPS) is 11.9. The Hall–Kier alpha value is -3.48. The standard InChI is InChI=1S/C20H26N4O8S/c1-20(2,3)32-19(28)22-13(10-33-9-12-8-21-24-23-12)18(27)31-16-14(29-4)6-11(17(25)26)7-15(16)30-5/h6-8,13H,9-10H2,1-5H3,(H,22,28)(H,25,26)(H,21,23,24)/t13-/m0/s1. The summed E-state index contributed by atoms with van der Waals surface area (Å²) >= 11 is 1.31. The minimum absolute atomic E-state index is 0.0219. The lowest BCUT2D eigenvalue weighted by Gasteiger charge is -2.23. The highest BCUT2D eigenvalue weighted by Gasteiger charge is 2.29. The Morgan fingerprint density at radius 2 is 1.82 bits per heavy atom. The number of hydrogen-bond donors (Lipinski definition) is 3. The molecule has 2 rings (SSSR count). The maximum atomic E-state index is 13.0. The van der Waals surface area contributed by atoms with E-state index in [0.29, 0.717) is 11.4 Å². The van der Waals surface area contributed by atoms with Crippen molar-refractivity contribution in [2.45, 2.75) is 38.2 Å². The lowest BCUT2D eigenvalue weighted by Crippen LogP contribution is -2.46. The number of carbonyl (C=O) groups excluding carboxylic acids is 2. The Balaban J connectivity index is 2.23. The number of amides is 1. The van der Waals surface area contributed by atoms with Gasteiger partial charge in [0.15, 0.2) is 11.5 Å². The molecule has 13 heteroatoms. The maximum Gasteiger partial charge on any atom is 0.408 e. The highest BCUT2D eigenvalue weighted by Crippen LogP contribution is 2.39. The van der Waals surface area contributed by atoms with Crippen molar-refractivity contribution in [2.24, 2.45) is 0 Å². The molecule has 0 spiro atoms. The van der Waals surface area contributed by atoms with Gasteiger partial charge < -0.3 is 29.4 Å². The highest BCUT2D eigenvalue weighted by molar-refractivity contribution is 7.98. The van der Waals surface area contributed by atoms with Gasteiger partial charge in [0.25, 0.3) is 0 Å². The van der Waals surface area contributed by atoms with Crippen LogP contribution in [0.25, 0.3) is 0 Å². The average molecular weight is 483 g/mol. The zero-order valence-electron chi connectivity index (χ0n) is 18.8. The summed E-state index contributed by atoms with van der Waals surface area (Å²) in [6.45, 7) is 5.08. The smallest absolute Gasteiger partial charge is 0.408 e. The minimum Gasteiger partial charge on any atom is -0.493 e. The van der Waals surface area contributed by atoms with E-state index in [-0.39, 0.29) is 28.6 Å². The van der Waals surface area contributed by atoms with E-state index in [4.69, 9.17) is 18.9 Å². The first-order valence-corrected chi connectivity index (χ1v) is 10.8. The molecule has 1 atom stereocenters. The molecule has 0 aliphatic rings. The molecule has 1 aromatic heterocycles. The van der Waals surface area contributed by atoms with Crippen LogP contribution in [0, 0.1) is 0 Å². The van der Waals surface area contributed by atoms with Gasteiger partial charge in [-0.15, -0.1) is 0 Å². The molecule has 0 aliphatic carbocycles. The predicted molar refractivity (Wildman–Crippen MR) is 118 cm³/mol. The number of aromatic amines is 1. The number of hydrogen-bond acceptors (Lipinski definition) is 10. The molecule has 0 saturated heterocycles. The number of carbonyl (C=O) groups is 3. The second kappa shape index (κ2) is 11.4. The second-order valence-corrected chi connectivity index (χ2v) is 8.64. The van der Waals surface area contributed by atoms with Gasteiger partial charge >= 0.3 is 18.0 Å². The van der Waals surface area contributed by atoms with Crippen LogP contribution < -0.4 is 19.5 Å². The molecule has 0 saturated carbocycles. The van der Waals surface area contributed by atoms with E-state index in [9.17, 15) is 19.5 Å². The third kappa shape index (κ3) is 7.86. The van der Waals surface area contributed by atoms with Crippen LogP contribution in [0.15, 0.2) is 18.3 Å². The van der Waals surface area contributed by atoms with Crippen molar-refractivity contribution in [3.8, 4) is 17.2 Å². The Morgan fingerprint density at radius 3 is 2.30 bits per heavy atom. The van der Waals surface area contributed by atoms with Crippen LogP contribution in [-0.2, 0) is 15.3 Å². The minimum atomic E-state index is -1.21. The van der Waals surface area contributed by atoms with Gasteiger partial charge in [-0.05, 0) is 32.9 Å². The molecule has 180 valence electrons. The topological polar surface area (TPSA) is 162 Å². The van der Waals surface area contributed by atoms with Crippen LogP contribution in [0.4, 0.5) is 4.79 Å². The fourth-order valence-corrected chi connectivity index (χ4v) is 3.39. The molecule has 0 aliphatic heterocycles. The fourth-order valence-electron chi connectivity index (χ4n) is 2.47. The third-order valence-corrected chi connectivity index (χ3v) is 4.95. The summed E-state index contributed by atoms with van der Waals surface area (Å²) in [4.78, 5) is 36.6. The number of aromatic carboxylic acids is 1. The van der Waals surface area contributed by atoms with Crippen molar-refractivity contribution in [1.82, 2.24) is 20.7 Å². The largest absolute Gasteiger partial charge is 0.493 e. The first-order chi connectivity index (χ1) is 15.5. The number of carboxylic acid groups (broad SMARTS) is 1. The van der Waals surface area contributed by atoms with Crippen LogP contribution in [0.3, 0.4) is 0 Å². The first kappa shape index (κ1) is 25.8. The molecule has 2 aromatic rings. The highest BCUT2D eigenvalue weighted by atomic mass is 32.2. The van der Waals surface area contributed by atoms with Crippen molar-refractivity contribution in [1.29, 1.82) is 0 Å². The van der Waals surface area contributed by atoms with Gasteiger partial charge in [0, 0.05) is 11.5 Å². The third-order valence-electron chi connectivity index (χ3n) is 3.89. The summed E-state index contributed by atoms with van der Waals surface area (Å²) in [5, 5.41) is 21.9. The van der Waals surface area contributed by atoms with E-state index >= 15 is 0 Å². The molecule has 1 amide bonds. The van der Waals surface area contributed by atoms with Crippen molar-refractivity contribution >= 4 is 29.8 Å². The zero-order valence-corrected chi connectivity index (χ0v) is 19.6. The number of ether oxygens (including phenoxy) is 4. The van der Waals surface area contributed by atoms with Gasteiger partial charge in [0.05, 0.1) is 31.7 Å². The summed E-state index contributed by atoms with van der Waals surface area (Å²) in [7, 11) is 2.59. The summed E-state index contributed by atoms with van der Waals surface area (Å²) in [6, 6.07) is 1.29. The number of aromatic nitrogens is 3. The van der Waals surface area contributed by atoms with Crippen LogP contribution >= 0.6 is 11.8 Å². The lowest BCUT2D eigenvalue weighted by molar-refractivity contribution is -0.136. The molecule has 1 aromatic carbocycles. The fraction of sp³-hybridized carbons (Fsp3) is 0.450. The van der Waals surface area contributed by atoms with E-state index < -0.39 is 29.7 Å². The van der Waals surface area contributed by atoms with Gasteiger partial charge in [-0.25, -0.2) is 14.4 Å². The number of H-pyrrole nitrogens is 1. The van der Waals surface area contributed by atoms with Crippen molar-refractivity contribution in [3.63, 3.8) is 0 Å². The van der Waals surface area contributed by atoms with Crippen LogP contribution in [0.5, 0.6) is 17.2 Å². The Bertz CT molecular complexity index is 950. The van der Waals surface area contributed by atoms with Gasteiger partial charge in [0.1, 0.15) is 11.6 Å². The Kier molecular flexibility index (Phi) is 8.91. The van der Waals surface area contributed by atoms with E-state index in [1.165, 1.54) is 38.1 Å². The summed E-state index contributed by atoms with van der Waals surface area (Å²) < 4.78 is 21.1. The number of thioether (sulfide) groups is 1. The SMILES string of the molecule is COc1cc(C(=O)O)cc(OC)c1OC(=O)[C@H](CSCc1cn[nH]n1)NC(=O)OC(C)(C)C. The molecule has 3 N–H and O–H groups in total. The maximum absolute atomic E-state index is 13.0. The number of alkyl carbamates (subject to hydrolysis) is 1. The van der Waals surface area contributed by atoms with Gasteiger partial charge in [-0.2, -0.15) is 27.2 Å². The number of carboxylic acids is 1. The number of methoxy groups -OCH3 is 2. The lowest BCUT2D eigenvalue weighted by atomic mass is 10.2. The first-order valence-electron chi connectivity index (χ1n) is 9.67. The molecule has 0 unspecified atom stereocenters. The molecular weight excluding hydrogens is 456 g/mol. The van der Waals surface area contributed by atoms with E-state index in [2.05, 4.69) is 20.7 Å². The van der Waals surface area contributed by atoms with E-state index in [1.54, 1.807) is 27.0 Å². The molecular formula is C20H26N4O8S. The van der Waals surface area contributed by atoms with Gasteiger partial charge in [-0.1, -0.05) is 0 Å². The number of nitrogens with one attached hydrogen (secondary N) is 2. The summed E-state index contributed by atoms with van der Waals surface area (Å²) in [5.41, 5.74) is -0.224. The van der Waals surface area contributed by atoms with Crippen molar-refractivity contribution < 1.29 is 38.4 Å². The monoisotopic (exact) mass is 482 g/mol. The summed E-state index contributed by atoms with van der Waals surface area (Å²) in [5.74, 6) is -1.64. The zero-order chi connectivity index (χ0) is 24.6. The number of esters is 1. The van der Waals surface area contributed by atoms with E-state index in [0.717, 1.165) is 0 Å². The van der Waals surface area contributed by atoms with Crippen molar-refractivity contribution in [2.75, 3.05) is 20.0 Å². The molecule has 1 heterocycles. The Labute approximate surface area is 194 Å². The predicted octanol–water partition coefficient (Wildman–Crippen LogP) is 2.25. The Morgan fingerprint density at radius 1 is 1.18 bits per heavy atom. The molecule has 12 nitrogen and oxygen atoms in total. The van der Waals surface area contributed by atoms with Crippen LogP contribution in [-0.4, -0.2) is 70.2 Å². The second-order valence-electron chi connectivity index (χ2n) is 7.61. The van der Waals surface area contributed by atoms with Gasteiger partial charge in [0.2, 0.25) is 5.75 Å². The number of rotatable bonds is 10. The molecule has 0 bridgehead atoms. The average Bonchev–Trinajstić information content (AvgIpc) is 3.24. The quantitative estimate of drug-likeness (QED) is 0.336. The molecule has 0 fully saturated rings.